The van der Waals surface area contributed by atoms with Gasteiger partial charge in [0.05, 0.1) is 7.14 Å². The fourth-order valence-electron chi connectivity index (χ4n) is 1.96. The van der Waals surface area contributed by atoms with Gasteiger partial charge in [-0.15, -0.1) is 0 Å². The summed E-state index contributed by atoms with van der Waals surface area (Å²) in [5.41, 5.74) is 0.922. The summed E-state index contributed by atoms with van der Waals surface area (Å²) in [4.78, 5) is 35.4. The summed E-state index contributed by atoms with van der Waals surface area (Å²) in [5, 5.41) is 11.2. The van der Waals surface area contributed by atoms with E-state index in [-0.39, 0.29) is 11.6 Å². The topological polar surface area (TPSA) is 95.9 Å². The predicted molar refractivity (Wildman–Crippen MR) is 98.9 cm³/mol. The van der Waals surface area contributed by atoms with Crippen LogP contribution in [0.5, 0.6) is 5.75 Å². The second-order valence-corrected chi connectivity index (χ2v) is 6.86. The molecule has 9 heteroatoms. The molecule has 23 heavy (non-hydrogen) atoms. The first-order valence-corrected chi connectivity index (χ1v) is 8.67. The molecule has 0 unspecified atom stereocenters. The summed E-state index contributed by atoms with van der Waals surface area (Å²) in [7, 11) is 0. The van der Waals surface area contributed by atoms with E-state index in [4.69, 9.17) is 9.84 Å². The van der Waals surface area contributed by atoms with Crippen molar-refractivity contribution in [3.63, 3.8) is 0 Å². The molecule has 1 aliphatic heterocycles. The van der Waals surface area contributed by atoms with Crippen molar-refractivity contribution in [1.82, 2.24) is 10.2 Å². The number of nitrogens with one attached hydrogen (secondary N) is 1. The summed E-state index contributed by atoms with van der Waals surface area (Å²) in [6, 6.07) is 3.07. The van der Waals surface area contributed by atoms with E-state index >= 15 is 0 Å². The maximum Gasteiger partial charge on any atom is 0.341 e. The zero-order chi connectivity index (χ0) is 17.1. The molecule has 0 aliphatic carbocycles. The van der Waals surface area contributed by atoms with Gasteiger partial charge in [-0.25, -0.2) is 9.59 Å². The molecule has 0 spiro atoms. The fourth-order valence-corrected chi connectivity index (χ4v) is 4.09. The number of hydrogen-bond acceptors (Lipinski definition) is 4. The standard InChI is InChI=1S/C14H12I2N2O5/c1-2-18-13(21)10(17-14(18)22)5-7-3-8(15)12(9(16)4-7)23-6-11(19)20/h3-5H,2,6H2,1H3,(H,17,22)(H,19,20)/b10-5+. The lowest BCUT2D eigenvalue weighted by Crippen LogP contribution is -2.30. The van der Waals surface area contributed by atoms with Crippen molar-refractivity contribution in [2.24, 2.45) is 0 Å². The van der Waals surface area contributed by atoms with Crippen LogP contribution >= 0.6 is 45.2 Å². The van der Waals surface area contributed by atoms with Gasteiger partial charge in [0, 0.05) is 6.54 Å². The minimum atomic E-state index is -1.05. The van der Waals surface area contributed by atoms with Gasteiger partial charge < -0.3 is 15.2 Å². The second-order valence-electron chi connectivity index (χ2n) is 4.53. The number of carbonyl (C=O) groups is 3. The summed E-state index contributed by atoms with van der Waals surface area (Å²) >= 11 is 4.06. The largest absolute Gasteiger partial charge is 0.480 e. The van der Waals surface area contributed by atoms with Crippen LogP contribution in [-0.4, -0.2) is 41.1 Å². The molecule has 0 saturated carbocycles. The Labute approximate surface area is 159 Å². The maximum absolute atomic E-state index is 12.0. The van der Waals surface area contributed by atoms with Crippen molar-refractivity contribution in [3.05, 3.63) is 30.5 Å². The highest BCUT2D eigenvalue weighted by Gasteiger charge is 2.32. The second kappa shape index (κ2) is 7.47. The molecular formula is C14H12I2N2O5. The summed E-state index contributed by atoms with van der Waals surface area (Å²) in [6.07, 6.45) is 1.58. The van der Waals surface area contributed by atoms with Crippen molar-refractivity contribution < 1.29 is 24.2 Å². The number of halogens is 2. The van der Waals surface area contributed by atoms with E-state index in [9.17, 15) is 14.4 Å². The normalized spacial score (nSPS) is 16.0. The molecule has 1 saturated heterocycles. The highest BCUT2D eigenvalue weighted by molar-refractivity contribution is 14.1. The van der Waals surface area contributed by atoms with Gasteiger partial charge in [-0.05, 0) is 75.9 Å². The highest BCUT2D eigenvalue weighted by Crippen LogP contribution is 2.30. The van der Waals surface area contributed by atoms with Crippen molar-refractivity contribution in [3.8, 4) is 5.75 Å². The van der Waals surface area contributed by atoms with Crippen LogP contribution in [0.4, 0.5) is 4.79 Å². The van der Waals surface area contributed by atoms with Crippen molar-refractivity contribution in [1.29, 1.82) is 0 Å². The van der Waals surface area contributed by atoms with Gasteiger partial charge in [0.25, 0.3) is 5.91 Å². The van der Waals surface area contributed by atoms with Crippen LogP contribution < -0.4 is 10.1 Å². The number of amides is 3. The predicted octanol–water partition coefficient (Wildman–Crippen LogP) is 2.27. The molecular weight excluding hydrogens is 530 g/mol. The maximum atomic E-state index is 12.0. The van der Waals surface area contributed by atoms with Crippen LogP contribution in [0.25, 0.3) is 6.08 Å². The van der Waals surface area contributed by atoms with Crippen LogP contribution in [0.15, 0.2) is 17.8 Å². The molecule has 0 bridgehead atoms. The number of nitrogens with zero attached hydrogens (tertiary/aromatic N) is 1. The van der Waals surface area contributed by atoms with E-state index in [1.165, 1.54) is 0 Å². The van der Waals surface area contributed by atoms with Gasteiger partial charge in [-0.3, -0.25) is 9.69 Å². The Kier molecular flexibility index (Phi) is 5.84. The monoisotopic (exact) mass is 542 g/mol. The molecule has 0 aromatic heterocycles. The minimum Gasteiger partial charge on any atom is -0.480 e. The van der Waals surface area contributed by atoms with Crippen LogP contribution in [0.1, 0.15) is 12.5 Å². The first-order valence-electron chi connectivity index (χ1n) is 6.51. The minimum absolute atomic E-state index is 0.211. The van der Waals surface area contributed by atoms with Gasteiger partial charge in [0.2, 0.25) is 0 Å². The van der Waals surface area contributed by atoms with E-state index in [0.29, 0.717) is 25.0 Å². The SMILES string of the molecule is CCN1C(=O)N/C(=C/c2cc(I)c(OCC(=O)O)c(I)c2)C1=O. The van der Waals surface area contributed by atoms with E-state index < -0.39 is 18.6 Å². The Morgan fingerprint density at radius 1 is 1.35 bits per heavy atom. The van der Waals surface area contributed by atoms with Gasteiger partial charge in [-0.1, -0.05) is 0 Å². The van der Waals surface area contributed by atoms with Crippen LogP contribution in [0.2, 0.25) is 0 Å². The quantitative estimate of drug-likeness (QED) is 0.339. The molecule has 1 fully saturated rings. The lowest BCUT2D eigenvalue weighted by molar-refractivity contribution is -0.139. The number of benzene rings is 1. The van der Waals surface area contributed by atoms with Gasteiger partial charge in [0.1, 0.15) is 11.4 Å². The number of urea groups is 1. The number of aliphatic carboxylic acids is 1. The molecule has 1 heterocycles. The van der Waals surface area contributed by atoms with E-state index in [2.05, 4.69) is 5.32 Å². The molecule has 3 amide bonds. The van der Waals surface area contributed by atoms with Gasteiger partial charge >= 0.3 is 12.0 Å². The third kappa shape index (κ3) is 4.13. The van der Waals surface area contributed by atoms with Crippen molar-refractivity contribution in [2.75, 3.05) is 13.2 Å². The van der Waals surface area contributed by atoms with Crippen LogP contribution in [-0.2, 0) is 9.59 Å². The van der Waals surface area contributed by atoms with E-state index in [1.807, 2.05) is 45.2 Å². The average Bonchev–Trinajstić information content (AvgIpc) is 2.71. The molecule has 2 N–H and O–H groups in total. The van der Waals surface area contributed by atoms with Crippen LogP contribution in [0, 0.1) is 7.14 Å². The zero-order valence-corrected chi connectivity index (χ0v) is 16.2. The molecule has 1 aliphatic rings. The molecule has 0 atom stereocenters. The fraction of sp³-hybridized carbons (Fsp3) is 0.214. The van der Waals surface area contributed by atoms with Gasteiger partial charge in [-0.2, -0.15) is 0 Å². The Morgan fingerprint density at radius 2 is 1.96 bits per heavy atom. The van der Waals surface area contributed by atoms with Crippen molar-refractivity contribution >= 4 is 69.2 Å². The molecule has 1 aromatic rings. The Hall–Kier alpha value is -1.37. The number of imide groups is 1. The third-order valence-corrected chi connectivity index (χ3v) is 4.55. The highest BCUT2D eigenvalue weighted by atomic mass is 127. The molecule has 122 valence electrons. The Balaban J connectivity index is 2.28. The third-order valence-electron chi connectivity index (χ3n) is 2.95. The summed E-state index contributed by atoms with van der Waals surface area (Å²) in [5.74, 6) is -0.942. The molecule has 0 radical (unpaired) electrons. The van der Waals surface area contributed by atoms with E-state index in [0.717, 1.165) is 4.90 Å². The first kappa shape index (κ1) is 18.0. The molecule has 7 nitrogen and oxygen atoms in total. The summed E-state index contributed by atoms with van der Waals surface area (Å²) in [6.45, 7) is 1.60. The first-order chi connectivity index (χ1) is 10.8. The Morgan fingerprint density at radius 3 is 2.43 bits per heavy atom. The number of likely N-dealkylation sites (N-methyl/N-ethyl adjacent to an activating group) is 1. The molecule has 2 rings (SSSR count). The zero-order valence-electron chi connectivity index (χ0n) is 11.9. The Bertz CT molecular complexity index is 694. The lowest BCUT2D eigenvalue weighted by Gasteiger charge is -2.10. The number of rotatable bonds is 5. The summed E-state index contributed by atoms with van der Waals surface area (Å²) < 4.78 is 6.68. The number of carboxylic acid groups (broad SMARTS) is 1. The smallest absolute Gasteiger partial charge is 0.341 e. The van der Waals surface area contributed by atoms with Crippen LogP contribution in [0.3, 0.4) is 0 Å². The van der Waals surface area contributed by atoms with Crippen molar-refractivity contribution in [2.45, 2.75) is 6.92 Å². The number of ether oxygens (including phenoxy) is 1. The lowest BCUT2D eigenvalue weighted by atomic mass is 10.2. The molecule has 1 aromatic carbocycles. The number of carboxylic acids is 1. The van der Waals surface area contributed by atoms with E-state index in [1.54, 1.807) is 25.1 Å². The average molecular weight is 542 g/mol. The number of carbonyl (C=O) groups excluding carboxylic acids is 2. The van der Waals surface area contributed by atoms with Gasteiger partial charge in [0.15, 0.2) is 6.61 Å². The number of hydrogen-bond donors (Lipinski definition) is 2.